The lowest BCUT2D eigenvalue weighted by atomic mass is 10.1. The van der Waals surface area contributed by atoms with E-state index in [0.29, 0.717) is 22.2 Å². The summed E-state index contributed by atoms with van der Waals surface area (Å²) in [5.74, 6) is 0.934. The molecule has 19 heavy (non-hydrogen) atoms. The number of urea groups is 1. The number of hydrogen-bond acceptors (Lipinski definition) is 3. The van der Waals surface area contributed by atoms with E-state index in [9.17, 15) is 4.79 Å². The lowest BCUT2D eigenvalue weighted by Crippen LogP contribution is -2.43. The molecule has 1 rings (SSSR count). The van der Waals surface area contributed by atoms with Crippen LogP contribution in [0.4, 0.5) is 10.5 Å². The van der Waals surface area contributed by atoms with Gasteiger partial charge in [-0.05, 0) is 20.8 Å². The summed E-state index contributed by atoms with van der Waals surface area (Å²) in [6.07, 6.45) is 0. The molecule has 0 aliphatic rings. The van der Waals surface area contributed by atoms with Crippen LogP contribution in [0.2, 0.25) is 5.02 Å². The van der Waals surface area contributed by atoms with Crippen molar-refractivity contribution >= 4 is 23.3 Å². The molecule has 1 aromatic carbocycles. The molecule has 0 spiro atoms. The number of carbonyl (C=O) groups is 1. The van der Waals surface area contributed by atoms with Crippen molar-refractivity contribution in [3.63, 3.8) is 0 Å². The van der Waals surface area contributed by atoms with Crippen LogP contribution in [-0.4, -0.2) is 25.8 Å². The first-order valence-corrected chi connectivity index (χ1v) is 6.15. The van der Waals surface area contributed by atoms with Crippen molar-refractivity contribution in [2.24, 2.45) is 0 Å². The molecule has 0 fully saturated rings. The molecule has 0 heterocycles. The summed E-state index contributed by atoms with van der Waals surface area (Å²) in [5.41, 5.74) is 0.166. The van der Waals surface area contributed by atoms with Crippen LogP contribution in [0.5, 0.6) is 11.5 Å². The van der Waals surface area contributed by atoms with E-state index in [1.165, 1.54) is 14.2 Å². The SMILES string of the molecule is COc1cc(NC(=O)NC(C)(C)C)c(OC)cc1Cl. The molecule has 6 heteroatoms. The maximum absolute atomic E-state index is 11.8. The van der Waals surface area contributed by atoms with Gasteiger partial charge in [0.1, 0.15) is 11.5 Å². The van der Waals surface area contributed by atoms with Crippen LogP contribution >= 0.6 is 11.6 Å². The van der Waals surface area contributed by atoms with E-state index in [1.807, 2.05) is 20.8 Å². The molecule has 1 aromatic rings. The number of methoxy groups -OCH3 is 2. The van der Waals surface area contributed by atoms with E-state index in [4.69, 9.17) is 21.1 Å². The molecule has 0 saturated heterocycles. The first-order valence-electron chi connectivity index (χ1n) is 5.77. The summed E-state index contributed by atoms with van der Waals surface area (Å²) < 4.78 is 10.3. The Labute approximate surface area is 118 Å². The van der Waals surface area contributed by atoms with E-state index in [1.54, 1.807) is 12.1 Å². The fraction of sp³-hybridized carbons (Fsp3) is 0.462. The molecule has 0 atom stereocenters. The van der Waals surface area contributed by atoms with Crippen molar-refractivity contribution < 1.29 is 14.3 Å². The van der Waals surface area contributed by atoms with Gasteiger partial charge in [0.25, 0.3) is 0 Å². The molecule has 0 aromatic heterocycles. The average Bonchev–Trinajstić information content (AvgIpc) is 2.28. The van der Waals surface area contributed by atoms with Crippen LogP contribution in [0.25, 0.3) is 0 Å². The number of ether oxygens (including phenoxy) is 2. The van der Waals surface area contributed by atoms with Crippen molar-refractivity contribution in [3.8, 4) is 11.5 Å². The van der Waals surface area contributed by atoms with E-state index in [2.05, 4.69) is 10.6 Å². The lowest BCUT2D eigenvalue weighted by molar-refractivity contribution is 0.243. The zero-order valence-electron chi connectivity index (χ0n) is 11.8. The van der Waals surface area contributed by atoms with Gasteiger partial charge in [0.05, 0.1) is 24.9 Å². The van der Waals surface area contributed by atoms with Crippen LogP contribution in [0.15, 0.2) is 12.1 Å². The fourth-order valence-electron chi connectivity index (χ4n) is 1.45. The molecule has 0 unspecified atom stereocenters. The molecular weight excluding hydrogens is 268 g/mol. The van der Waals surface area contributed by atoms with Gasteiger partial charge in [-0.15, -0.1) is 0 Å². The van der Waals surface area contributed by atoms with E-state index in [0.717, 1.165) is 0 Å². The number of hydrogen-bond donors (Lipinski definition) is 2. The third-order valence-electron chi connectivity index (χ3n) is 2.21. The van der Waals surface area contributed by atoms with Crippen molar-refractivity contribution in [1.82, 2.24) is 5.32 Å². The molecule has 5 nitrogen and oxygen atoms in total. The Balaban J connectivity index is 2.96. The van der Waals surface area contributed by atoms with Crippen LogP contribution in [-0.2, 0) is 0 Å². The van der Waals surface area contributed by atoms with Gasteiger partial charge in [-0.3, -0.25) is 0 Å². The Hall–Kier alpha value is -1.62. The van der Waals surface area contributed by atoms with Gasteiger partial charge < -0.3 is 20.1 Å². The first-order chi connectivity index (χ1) is 8.76. The minimum absolute atomic E-state index is 0.324. The number of rotatable bonds is 3. The van der Waals surface area contributed by atoms with E-state index in [-0.39, 0.29) is 11.6 Å². The van der Waals surface area contributed by atoms with Gasteiger partial charge in [-0.25, -0.2) is 4.79 Å². The number of benzene rings is 1. The number of nitrogens with one attached hydrogen (secondary N) is 2. The number of halogens is 1. The number of anilines is 1. The smallest absolute Gasteiger partial charge is 0.319 e. The molecule has 0 bridgehead atoms. The highest BCUT2D eigenvalue weighted by Gasteiger charge is 2.16. The predicted octanol–water partition coefficient (Wildman–Crippen LogP) is 3.28. The van der Waals surface area contributed by atoms with Gasteiger partial charge in [-0.1, -0.05) is 11.6 Å². The Morgan fingerprint density at radius 3 is 2.21 bits per heavy atom. The maximum Gasteiger partial charge on any atom is 0.319 e. The summed E-state index contributed by atoms with van der Waals surface area (Å²) in [5, 5.41) is 5.92. The second kappa shape index (κ2) is 6.02. The average molecular weight is 287 g/mol. The summed E-state index contributed by atoms with van der Waals surface area (Å²) in [6.45, 7) is 5.69. The van der Waals surface area contributed by atoms with Crippen molar-refractivity contribution in [1.29, 1.82) is 0 Å². The molecule has 0 aliphatic carbocycles. The molecular formula is C13H19ClN2O3. The van der Waals surface area contributed by atoms with Gasteiger partial charge in [-0.2, -0.15) is 0 Å². The maximum atomic E-state index is 11.8. The van der Waals surface area contributed by atoms with Crippen LogP contribution < -0.4 is 20.1 Å². The normalized spacial score (nSPS) is 10.8. The number of carbonyl (C=O) groups excluding carboxylic acids is 1. The standard InChI is InChI=1S/C13H19ClN2O3/c1-13(2,3)16-12(17)15-9-7-10(18-4)8(14)6-11(9)19-5/h6-7H,1-5H3,(H2,15,16,17). The van der Waals surface area contributed by atoms with Gasteiger partial charge >= 0.3 is 6.03 Å². The topological polar surface area (TPSA) is 59.6 Å². The van der Waals surface area contributed by atoms with E-state index >= 15 is 0 Å². The first kappa shape index (κ1) is 15.4. The van der Waals surface area contributed by atoms with Crippen LogP contribution in [0.3, 0.4) is 0 Å². The minimum Gasteiger partial charge on any atom is -0.495 e. The molecule has 2 N–H and O–H groups in total. The van der Waals surface area contributed by atoms with Crippen LogP contribution in [0.1, 0.15) is 20.8 Å². The lowest BCUT2D eigenvalue weighted by Gasteiger charge is -2.21. The highest BCUT2D eigenvalue weighted by molar-refractivity contribution is 6.32. The van der Waals surface area contributed by atoms with Gasteiger partial charge in [0.2, 0.25) is 0 Å². The monoisotopic (exact) mass is 286 g/mol. The zero-order chi connectivity index (χ0) is 14.6. The molecule has 0 radical (unpaired) electrons. The Morgan fingerprint density at radius 1 is 1.16 bits per heavy atom. The summed E-state index contributed by atoms with van der Waals surface area (Å²) in [7, 11) is 3.01. The minimum atomic E-state index is -0.326. The van der Waals surface area contributed by atoms with Gasteiger partial charge in [0.15, 0.2) is 0 Å². The molecule has 2 amide bonds. The van der Waals surface area contributed by atoms with Crippen molar-refractivity contribution in [3.05, 3.63) is 17.2 Å². The van der Waals surface area contributed by atoms with Crippen LogP contribution in [0, 0.1) is 0 Å². The fourth-order valence-corrected chi connectivity index (χ4v) is 1.68. The molecule has 106 valence electrons. The van der Waals surface area contributed by atoms with E-state index < -0.39 is 0 Å². The Bertz CT molecular complexity index is 470. The Kier molecular flexibility index (Phi) is 4.89. The number of amides is 2. The summed E-state index contributed by atoms with van der Waals surface area (Å²) in [6, 6.07) is 2.88. The summed E-state index contributed by atoms with van der Waals surface area (Å²) >= 11 is 5.99. The van der Waals surface area contributed by atoms with Gasteiger partial charge in [0, 0.05) is 17.7 Å². The second-order valence-electron chi connectivity index (χ2n) is 5.02. The third kappa shape index (κ3) is 4.52. The zero-order valence-corrected chi connectivity index (χ0v) is 12.5. The molecule has 0 aliphatic heterocycles. The highest BCUT2D eigenvalue weighted by atomic mass is 35.5. The Morgan fingerprint density at radius 2 is 1.74 bits per heavy atom. The van der Waals surface area contributed by atoms with Crippen molar-refractivity contribution in [2.75, 3.05) is 19.5 Å². The quantitative estimate of drug-likeness (QED) is 0.896. The predicted molar refractivity (Wildman–Crippen MR) is 76.5 cm³/mol. The summed E-state index contributed by atoms with van der Waals surface area (Å²) in [4.78, 5) is 11.8. The third-order valence-corrected chi connectivity index (χ3v) is 2.51. The largest absolute Gasteiger partial charge is 0.495 e. The highest BCUT2D eigenvalue weighted by Crippen LogP contribution is 2.35. The molecule has 0 saturated carbocycles. The van der Waals surface area contributed by atoms with Crippen molar-refractivity contribution in [2.45, 2.75) is 26.3 Å². The second-order valence-corrected chi connectivity index (χ2v) is 5.42.